The van der Waals surface area contributed by atoms with Crippen LogP contribution in [0.5, 0.6) is 0 Å². The van der Waals surface area contributed by atoms with E-state index in [4.69, 9.17) is 4.74 Å². The number of aryl methyl sites for hydroxylation is 1. The SMILES string of the molecule is CCn1c(COCc2ccccc2)nn(-c2cc3c(C(C)C)nc(-c4c(C)n[nH]c4C(F)(F)F)nc3cc2F)c1=O. The number of H-pyrrole nitrogens is 1. The predicted molar refractivity (Wildman–Crippen MR) is 143 cm³/mol. The smallest absolute Gasteiger partial charge is 0.369 e. The van der Waals surface area contributed by atoms with Crippen molar-refractivity contribution in [2.24, 2.45) is 0 Å². The Balaban J connectivity index is 1.58. The van der Waals surface area contributed by atoms with Gasteiger partial charge in [0.2, 0.25) is 0 Å². The highest BCUT2D eigenvalue weighted by molar-refractivity contribution is 5.85. The van der Waals surface area contributed by atoms with Gasteiger partial charge in [-0.1, -0.05) is 44.2 Å². The molecule has 0 spiro atoms. The van der Waals surface area contributed by atoms with Gasteiger partial charge in [0, 0.05) is 18.0 Å². The number of hydrogen-bond donors (Lipinski definition) is 1. The molecule has 0 amide bonds. The van der Waals surface area contributed by atoms with Crippen molar-refractivity contribution in [1.82, 2.24) is 34.5 Å². The number of hydrogen-bond acceptors (Lipinski definition) is 6. The minimum Gasteiger partial charge on any atom is -0.369 e. The van der Waals surface area contributed by atoms with Gasteiger partial charge in [0.05, 0.1) is 29.1 Å². The number of aromatic amines is 1. The minimum atomic E-state index is -4.72. The summed E-state index contributed by atoms with van der Waals surface area (Å²) < 4.78 is 64.6. The molecular formula is C28H27F4N7O2. The Labute approximate surface area is 231 Å². The number of nitrogens with zero attached hydrogens (tertiary/aromatic N) is 6. The Bertz CT molecular complexity index is 1770. The molecule has 0 saturated heterocycles. The fourth-order valence-electron chi connectivity index (χ4n) is 4.64. The summed E-state index contributed by atoms with van der Waals surface area (Å²) in [5.41, 5.74) is -0.598. The highest BCUT2D eigenvalue weighted by atomic mass is 19.4. The molecule has 0 unspecified atom stereocenters. The summed E-state index contributed by atoms with van der Waals surface area (Å²) in [6.45, 7) is 7.40. The molecule has 0 bridgehead atoms. The van der Waals surface area contributed by atoms with Crippen molar-refractivity contribution >= 4 is 10.9 Å². The molecule has 3 aromatic heterocycles. The van der Waals surface area contributed by atoms with Crippen LogP contribution in [0.1, 0.15) is 55.2 Å². The van der Waals surface area contributed by atoms with Crippen LogP contribution in [-0.4, -0.2) is 34.5 Å². The van der Waals surface area contributed by atoms with Crippen LogP contribution in [-0.2, 0) is 30.7 Å². The lowest BCUT2D eigenvalue weighted by Crippen LogP contribution is -2.24. The molecule has 1 N–H and O–H groups in total. The summed E-state index contributed by atoms with van der Waals surface area (Å²) in [7, 11) is 0. The number of rotatable bonds is 8. The standard InChI is InChI=1S/C28H27F4N7O2/c1-5-38-22(14-41-13-17-9-7-6-8-10-17)37-39(27(38)40)21-11-18-20(12-19(21)29)33-26(34-24(18)15(2)3)23-16(4)35-36-25(23)28(30,31)32/h6-12,15H,5,13-14H2,1-4H3,(H,35,36). The molecular weight excluding hydrogens is 542 g/mol. The van der Waals surface area contributed by atoms with Crippen LogP contribution in [0.15, 0.2) is 47.3 Å². The number of alkyl halides is 3. The van der Waals surface area contributed by atoms with Crippen molar-refractivity contribution in [3.8, 4) is 17.1 Å². The summed E-state index contributed by atoms with van der Waals surface area (Å²) in [5, 5.41) is 10.4. The molecule has 0 fully saturated rings. The van der Waals surface area contributed by atoms with Crippen molar-refractivity contribution in [3.05, 3.63) is 87.2 Å². The van der Waals surface area contributed by atoms with E-state index in [9.17, 15) is 18.0 Å². The van der Waals surface area contributed by atoms with E-state index in [0.29, 0.717) is 23.5 Å². The molecule has 0 saturated carbocycles. The number of nitrogens with one attached hydrogen (secondary N) is 1. The van der Waals surface area contributed by atoms with Crippen molar-refractivity contribution in [1.29, 1.82) is 0 Å². The third-order valence-corrected chi connectivity index (χ3v) is 6.62. The molecule has 5 aromatic rings. The van der Waals surface area contributed by atoms with Crippen molar-refractivity contribution < 1.29 is 22.3 Å². The van der Waals surface area contributed by atoms with Gasteiger partial charge in [0.15, 0.2) is 23.2 Å². The summed E-state index contributed by atoms with van der Waals surface area (Å²) in [5.74, 6) is -1.00. The average molecular weight is 570 g/mol. The van der Waals surface area contributed by atoms with E-state index in [1.165, 1.54) is 17.6 Å². The Morgan fingerprint density at radius 1 is 1.07 bits per heavy atom. The van der Waals surface area contributed by atoms with Crippen LogP contribution < -0.4 is 5.69 Å². The maximum absolute atomic E-state index is 15.6. The molecule has 3 heterocycles. The molecule has 0 atom stereocenters. The van der Waals surface area contributed by atoms with Gasteiger partial charge < -0.3 is 4.74 Å². The van der Waals surface area contributed by atoms with E-state index >= 15 is 4.39 Å². The fourth-order valence-corrected chi connectivity index (χ4v) is 4.64. The predicted octanol–water partition coefficient (Wildman–Crippen LogP) is 5.69. The third-order valence-electron chi connectivity index (χ3n) is 6.62. The van der Waals surface area contributed by atoms with E-state index in [2.05, 4.69) is 20.2 Å². The highest BCUT2D eigenvalue weighted by Crippen LogP contribution is 2.37. The third kappa shape index (κ3) is 5.36. The maximum atomic E-state index is 15.6. The van der Waals surface area contributed by atoms with E-state index in [-0.39, 0.29) is 47.4 Å². The summed E-state index contributed by atoms with van der Waals surface area (Å²) in [6.07, 6.45) is -4.72. The van der Waals surface area contributed by atoms with Gasteiger partial charge in [0.1, 0.15) is 12.3 Å². The van der Waals surface area contributed by atoms with Gasteiger partial charge in [-0.15, -0.1) is 5.10 Å². The fraction of sp³-hybridized carbons (Fsp3) is 0.321. The summed E-state index contributed by atoms with van der Waals surface area (Å²) in [6, 6.07) is 12.0. The van der Waals surface area contributed by atoms with E-state index in [1.54, 1.807) is 6.92 Å². The average Bonchev–Trinajstić information content (AvgIpc) is 3.47. The first-order chi connectivity index (χ1) is 19.5. The highest BCUT2D eigenvalue weighted by Gasteiger charge is 2.38. The Kier molecular flexibility index (Phi) is 7.47. The molecule has 2 aromatic carbocycles. The quantitative estimate of drug-likeness (QED) is 0.241. The second-order valence-electron chi connectivity index (χ2n) is 9.80. The number of halogens is 4. The minimum absolute atomic E-state index is 0.0233. The Morgan fingerprint density at radius 2 is 1.80 bits per heavy atom. The topological polar surface area (TPSA) is 104 Å². The van der Waals surface area contributed by atoms with Gasteiger partial charge in [-0.2, -0.15) is 23.0 Å². The van der Waals surface area contributed by atoms with E-state index < -0.39 is 23.4 Å². The first-order valence-electron chi connectivity index (χ1n) is 12.9. The lowest BCUT2D eigenvalue weighted by molar-refractivity contribution is -0.140. The first kappa shape index (κ1) is 28.1. The second kappa shape index (κ2) is 10.9. The number of fused-ring (bicyclic) bond motifs is 1. The largest absolute Gasteiger partial charge is 0.433 e. The lowest BCUT2D eigenvalue weighted by Gasteiger charge is -2.14. The van der Waals surface area contributed by atoms with E-state index in [0.717, 1.165) is 16.3 Å². The van der Waals surface area contributed by atoms with Gasteiger partial charge in [-0.3, -0.25) is 9.67 Å². The number of aromatic nitrogens is 7. The molecule has 0 aliphatic heterocycles. The second-order valence-corrected chi connectivity index (χ2v) is 9.80. The summed E-state index contributed by atoms with van der Waals surface area (Å²) >= 11 is 0. The van der Waals surface area contributed by atoms with Crippen LogP contribution in [0, 0.1) is 12.7 Å². The van der Waals surface area contributed by atoms with Crippen LogP contribution in [0.25, 0.3) is 28.0 Å². The van der Waals surface area contributed by atoms with Crippen LogP contribution in [0.4, 0.5) is 17.6 Å². The zero-order chi connectivity index (χ0) is 29.5. The van der Waals surface area contributed by atoms with Gasteiger partial charge in [-0.05, 0) is 31.4 Å². The van der Waals surface area contributed by atoms with Gasteiger partial charge in [0.25, 0.3) is 0 Å². The monoisotopic (exact) mass is 569 g/mol. The lowest BCUT2D eigenvalue weighted by atomic mass is 10.0. The van der Waals surface area contributed by atoms with Crippen LogP contribution >= 0.6 is 0 Å². The van der Waals surface area contributed by atoms with Crippen LogP contribution in [0.2, 0.25) is 0 Å². The normalized spacial score (nSPS) is 12.1. The molecule has 214 valence electrons. The van der Waals surface area contributed by atoms with Crippen LogP contribution in [0.3, 0.4) is 0 Å². The van der Waals surface area contributed by atoms with E-state index in [1.807, 2.05) is 49.3 Å². The van der Waals surface area contributed by atoms with Crippen molar-refractivity contribution in [2.75, 3.05) is 0 Å². The molecule has 5 rings (SSSR count). The Morgan fingerprint density at radius 3 is 2.46 bits per heavy atom. The first-order valence-corrected chi connectivity index (χ1v) is 12.9. The van der Waals surface area contributed by atoms with Gasteiger partial charge in [-0.25, -0.2) is 19.2 Å². The number of ether oxygens (including phenoxy) is 1. The molecule has 13 heteroatoms. The zero-order valence-corrected chi connectivity index (χ0v) is 22.8. The molecule has 9 nitrogen and oxygen atoms in total. The molecule has 0 aliphatic carbocycles. The Hall–Kier alpha value is -4.39. The molecule has 0 radical (unpaired) electrons. The van der Waals surface area contributed by atoms with Gasteiger partial charge >= 0.3 is 11.9 Å². The zero-order valence-electron chi connectivity index (χ0n) is 22.8. The van der Waals surface area contributed by atoms with Crippen molar-refractivity contribution in [3.63, 3.8) is 0 Å². The van der Waals surface area contributed by atoms with Crippen molar-refractivity contribution in [2.45, 2.75) is 59.5 Å². The molecule has 0 aliphatic rings. The summed E-state index contributed by atoms with van der Waals surface area (Å²) in [4.78, 5) is 22.0. The number of benzene rings is 2. The molecule has 41 heavy (non-hydrogen) atoms. The maximum Gasteiger partial charge on any atom is 0.433 e.